The molecule has 2 unspecified atom stereocenters. The fourth-order valence-electron chi connectivity index (χ4n) is 2.23. The molecule has 106 valence electrons. The summed E-state index contributed by atoms with van der Waals surface area (Å²) in [6.45, 7) is 0.335. The molecule has 1 aliphatic rings. The number of nitrogen functional groups attached to an aromatic ring is 1. The van der Waals surface area contributed by atoms with Crippen LogP contribution in [0.15, 0.2) is 23.1 Å². The highest BCUT2D eigenvalue weighted by atomic mass is 35.5. The molecule has 0 spiro atoms. The Kier molecular flexibility index (Phi) is 4.35. The van der Waals surface area contributed by atoms with Gasteiger partial charge in [-0.25, -0.2) is 13.1 Å². The van der Waals surface area contributed by atoms with Crippen LogP contribution in [0.5, 0.6) is 0 Å². The minimum Gasteiger partial charge on any atom is -0.397 e. The summed E-state index contributed by atoms with van der Waals surface area (Å²) in [4.78, 5) is 0.105. The minimum absolute atomic E-state index is 0.105. The van der Waals surface area contributed by atoms with Crippen LogP contribution in [0.2, 0.25) is 5.02 Å². The molecule has 2 atom stereocenters. The molecule has 5 nitrogen and oxygen atoms in total. The van der Waals surface area contributed by atoms with Crippen LogP contribution < -0.4 is 10.5 Å². The van der Waals surface area contributed by atoms with E-state index in [4.69, 9.17) is 17.3 Å². The Balaban J connectivity index is 2.03. The van der Waals surface area contributed by atoms with E-state index in [-0.39, 0.29) is 22.6 Å². The van der Waals surface area contributed by atoms with Crippen LogP contribution in [0.1, 0.15) is 19.3 Å². The molecule has 1 saturated carbocycles. The average Bonchev–Trinajstić information content (AvgIpc) is 2.76. The maximum atomic E-state index is 12.1. The number of halogens is 1. The van der Waals surface area contributed by atoms with Crippen molar-refractivity contribution in [2.45, 2.75) is 30.3 Å². The largest absolute Gasteiger partial charge is 0.397 e. The molecular weight excluding hydrogens is 288 g/mol. The Morgan fingerprint density at radius 2 is 2.16 bits per heavy atom. The lowest BCUT2D eigenvalue weighted by Crippen LogP contribution is -2.28. The predicted octanol–water partition coefficient (Wildman–Crippen LogP) is 1.36. The second-order valence-corrected chi connectivity index (χ2v) is 7.04. The highest BCUT2D eigenvalue weighted by Crippen LogP contribution is 2.26. The highest BCUT2D eigenvalue weighted by molar-refractivity contribution is 7.89. The van der Waals surface area contributed by atoms with Gasteiger partial charge in [-0.05, 0) is 43.4 Å². The Morgan fingerprint density at radius 3 is 2.74 bits per heavy atom. The highest BCUT2D eigenvalue weighted by Gasteiger charge is 2.24. The predicted molar refractivity (Wildman–Crippen MR) is 74.4 cm³/mol. The van der Waals surface area contributed by atoms with Crippen molar-refractivity contribution in [1.82, 2.24) is 4.72 Å². The number of aliphatic hydroxyl groups is 1. The van der Waals surface area contributed by atoms with Gasteiger partial charge in [-0.15, -0.1) is 0 Å². The summed E-state index contributed by atoms with van der Waals surface area (Å²) in [5.41, 5.74) is 5.83. The quantitative estimate of drug-likeness (QED) is 0.732. The second kappa shape index (κ2) is 5.66. The van der Waals surface area contributed by atoms with Crippen LogP contribution in [0, 0.1) is 5.92 Å². The van der Waals surface area contributed by atoms with E-state index in [0.29, 0.717) is 18.0 Å². The molecule has 1 aliphatic carbocycles. The van der Waals surface area contributed by atoms with E-state index in [1.165, 1.54) is 18.2 Å². The van der Waals surface area contributed by atoms with Gasteiger partial charge in [0.1, 0.15) is 0 Å². The number of anilines is 1. The molecule has 1 aromatic rings. The van der Waals surface area contributed by atoms with Crippen LogP contribution in [0.3, 0.4) is 0 Å². The molecule has 1 aromatic carbocycles. The molecule has 0 saturated heterocycles. The SMILES string of the molecule is Nc1cc(S(=O)(=O)NCC2CCC(O)C2)ccc1Cl. The maximum absolute atomic E-state index is 12.1. The third kappa shape index (κ3) is 3.60. The van der Waals surface area contributed by atoms with E-state index in [9.17, 15) is 13.5 Å². The molecule has 2 rings (SSSR count). The molecule has 0 heterocycles. The number of benzene rings is 1. The number of nitrogens with two attached hydrogens (primary N) is 1. The first-order valence-corrected chi connectivity index (χ1v) is 7.97. The molecule has 0 amide bonds. The first kappa shape index (κ1) is 14.6. The molecule has 7 heteroatoms. The molecule has 0 bridgehead atoms. The van der Waals surface area contributed by atoms with Gasteiger partial charge in [0.2, 0.25) is 10.0 Å². The van der Waals surface area contributed by atoms with Crippen molar-refractivity contribution in [3.8, 4) is 0 Å². The Labute approximate surface area is 117 Å². The lowest BCUT2D eigenvalue weighted by Gasteiger charge is -2.12. The van der Waals surface area contributed by atoms with Gasteiger partial charge in [-0.1, -0.05) is 11.6 Å². The van der Waals surface area contributed by atoms with Gasteiger partial charge in [0.15, 0.2) is 0 Å². The van der Waals surface area contributed by atoms with E-state index in [2.05, 4.69) is 4.72 Å². The normalized spacial score (nSPS) is 23.7. The van der Waals surface area contributed by atoms with Crippen molar-refractivity contribution < 1.29 is 13.5 Å². The smallest absolute Gasteiger partial charge is 0.240 e. The molecule has 1 fully saturated rings. The van der Waals surface area contributed by atoms with E-state index in [1.54, 1.807) is 0 Å². The van der Waals surface area contributed by atoms with Crippen molar-refractivity contribution in [1.29, 1.82) is 0 Å². The van der Waals surface area contributed by atoms with Crippen LogP contribution in [0.4, 0.5) is 5.69 Å². The number of hydrogen-bond acceptors (Lipinski definition) is 4. The number of rotatable bonds is 4. The maximum Gasteiger partial charge on any atom is 0.240 e. The molecule has 0 radical (unpaired) electrons. The first-order valence-electron chi connectivity index (χ1n) is 6.11. The standard InChI is InChI=1S/C12H17ClN2O3S/c13-11-4-3-10(6-12(11)14)19(17,18)15-7-8-1-2-9(16)5-8/h3-4,6,8-9,15-16H,1-2,5,7,14H2. The van der Waals surface area contributed by atoms with Crippen molar-refractivity contribution in [2.24, 2.45) is 5.92 Å². The van der Waals surface area contributed by atoms with Crippen LogP contribution >= 0.6 is 11.6 Å². The average molecular weight is 305 g/mol. The van der Waals surface area contributed by atoms with Gasteiger partial charge in [0.05, 0.1) is 21.7 Å². The third-order valence-corrected chi connectivity index (χ3v) is 5.12. The summed E-state index contributed by atoms with van der Waals surface area (Å²) in [6.07, 6.45) is 1.92. The number of sulfonamides is 1. The Hall–Kier alpha value is -0.820. The molecule has 0 aromatic heterocycles. The van der Waals surface area contributed by atoms with Gasteiger partial charge in [0.25, 0.3) is 0 Å². The summed E-state index contributed by atoms with van der Waals surface area (Å²) in [5.74, 6) is 0.189. The number of aliphatic hydroxyl groups excluding tert-OH is 1. The fraction of sp³-hybridized carbons (Fsp3) is 0.500. The lowest BCUT2D eigenvalue weighted by atomic mass is 10.1. The van der Waals surface area contributed by atoms with Gasteiger partial charge in [-0.2, -0.15) is 0 Å². The zero-order chi connectivity index (χ0) is 14.0. The monoisotopic (exact) mass is 304 g/mol. The zero-order valence-electron chi connectivity index (χ0n) is 10.3. The fourth-order valence-corrected chi connectivity index (χ4v) is 3.50. The summed E-state index contributed by atoms with van der Waals surface area (Å²) in [6, 6.07) is 4.23. The number of hydrogen-bond donors (Lipinski definition) is 3. The van der Waals surface area contributed by atoms with Crippen LogP contribution in [0.25, 0.3) is 0 Å². The first-order chi connectivity index (χ1) is 8.88. The van der Waals surface area contributed by atoms with E-state index in [0.717, 1.165) is 12.8 Å². The second-order valence-electron chi connectivity index (χ2n) is 4.87. The molecule has 4 N–H and O–H groups in total. The van der Waals surface area contributed by atoms with Crippen molar-refractivity contribution in [3.63, 3.8) is 0 Å². The molecule has 19 heavy (non-hydrogen) atoms. The summed E-state index contributed by atoms with van der Waals surface area (Å²) in [5, 5.41) is 9.74. The van der Waals surface area contributed by atoms with Crippen molar-refractivity contribution in [2.75, 3.05) is 12.3 Å². The van der Waals surface area contributed by atoms with Crippen molar-refractivity contribution >= 4 is 27.3 Å². The van der Waals surface area contributed by atoms with Gasteiger partial charge in [0, 0.05) is 6.54 Å². The minimum atomic E-state index is -3.57. The molecular formula is C12H17ClN2O3S. The summed E-state index contributed by atoms with van der Waals surface area (Å²) < 4.78 is 26.7. The Bertz CT molecular complexity index is 562. The topological polar surface area (TPSA) is 92.4 Å². The number of nitrogens with one attached hydrogen (secondary N) is 1. The lowest BCUT2D eigenvalue weighted by molar-refractivity contribution is 0.178. The van der Waals surface area contributed by atoms with E-state index >= 15 is 0 Å². The third-order valence-electron chi connectivity index (χ3n) is 3.35. The van der Waals surface area contributed by atoms with E-state index in [1.807, 2.05) is 0 Å². The zero-order valence-corrected chi connectivity index (χ0v) is 11.9. The van der Waals surface area contributed by atoms with Gasteiger partial charge in [-0.3, -0.25) is 0 Å². The van der Waals surface area contributed by atoms with Gasteiger partial charge >= 0.3 is 0 Å². The van der Waals surface area contributed by atoms with Gasteiger partial charge < -0.3 is 10.8 Å². The van der Waals surface area contributed by atoms with Crippen LogP contribution in [-0.2, 0) is 10.0 Å². The summed E-state index contributed by atoms with van der Waals surface area (Å²) in [7, 11) is -3.57. The molecule has 0 aliphatic heterocycles. The van der Waals surface area contributed by atoms with E-state index < -0.39 is 10.0 Å². The summed E-state index contributed by atoms with van der Waals surface area (Å²) >= 11 is 5.76. The van der Waals surface area contributed by atoms with Crippen molar-refractivity contribution in [3.05, 3.63) is 23.2 Å². The van der Waals surface area contributed by atoms with Crippen LogP contribution in [-0.4, -0.2) is 26.2 Å². The Morgan fingerprint density at radius 1 is 1.42 bits per heavy atom.